The molecular weight excluding hydrogens is 196 g/mol. The number of nitrogens with zero attached hydrogens (tertiary/aromatic N) is 1. The molecule has 1 heterocycles. The molecule has 1 fully saturated rings. The summed E-state index contributed by atoms with van der Waals surface area (Å²) in [6.45, 7) is 8.65. The highest BCUT2D eigenvalue weighted by atomic mass is 15.1. The van der Waals surface area contributed by atoms with E-state index < -0.39 is 0 Å². The summed E-state index contributed by atoms with van der Waals surface area (Å²) in [6.07, 6.45) is 11.2. The Kier molecular flexibility index (Phi) is 8.83. The third-order valence-electron chi connectivity index (χ3n) is 3.45. The average Bonchev–Trinajstić information content (AvgIpc) is 2.25. The van der Waals surface area contributed by atoms with E-state index in [0.717, 1.165) is 0 Å². The van der Waals surface area contributed by atoms with Crippen LogP contribution in [-0.4, -0.2) is 37.6 Å². The number of hydrogen-bond donors (Lipinski definition) is 1. The van der Waals surface area contributed by atoms with E-state index in [4.69, 9.17) is 0 Å². The average molecular weight is 226 g/mol. The molecule has 0 aliphatic carbocycles. The van der Waals surface area contributed by atoms with Crippen LogP contribution in [0, 0.1) is 0 Å². The molecule has 0 spiro atoms. The van der Waals surface area contributed by atoms with Gasteiger partial charge in [0.15, 0.2) is 0 Å². The largest absolute Gasteiger partial charge is 0.317 e. The van der Waals surface area contributed by atoms with E-state index in [1.54, 1.807) is 0 Å². The van der Waals surface area contributed by atoms with Crippen LogP contribution in [0.15, 0.2) is 0 Å². The molecule has 0 aromatic heterocycles. The highest BCUT2D eigenvalue weighted by molar-refractivity contribution is 4.62. The quantitative estimate of drug-likeness (QED) is 0.671. The van der Waals surface area contributed by atoms with Crippen LogP contribution < -0.4 is 5.32 Å². The van der Waals surface area contributed by atoms with Crippen molar-refractivity contribution in [3.05, 3.63) is 0 Å². The lowest BCUT2D eigenvalue weighted by Gasteiger charge is -2.24. The first-order valence-corrected chi connectivity index (χ1v) is 7.36. The number of likely N-dealkylation sites (tertiary alicyclic amines) is 1. The van der Waals surface area contributed by atoms with Crippen molar-refractivity contribution in [3.63, 3.8) is 0 Å². The number of rotatable bonds is 7. The zero-order chi connectivity index (χ0) is 11.5. The Morgan fingerprint density at radius 3 is 2.25 bits per heavy atom. The third-order valence-corrected chi connectivity index (χ3v) is 3.45. The third kappa shape index (κ3) is 7.24. The summed E-state index contributed by atoms with van der Waals surface area (Å²) in [5.74, 6) is 0. The minimum atomic E-state index is 1.18. The second-order valence-electron chi connectivity index (χ2n) is 5.07. The SMILES string of the molecule is CCCNCCCCN1CCCCCCC1. The summed E-state index contributed by atoms with van der Waals surface area (Å²) in [4.78, 5) is 2.68. The van der Waals surface area contributed by atoms with E-state index in [-0.39, 0.29) is 0 Å². The van der Waals surface area contributed by atoms with Crippen molar-refractivity contribution in [2.24, 2.45) is 0 Å². The van der Waals surface area contributed by atoms with Crippen molar-refractivity contribution < 1.29 is 0 Å². The fourth-order valence-corrected chi connectivity index (χ4v) is 2.42. The number of hydrogen-bond acceptors (Lipinski definition) is 2. The van der Waals surface area contributed by atoms with Gasteiger partial charge in [-0.2, -0.15) is 0 Å². The Morgan fingerprint density at radius 1 is 0.875 bits per heavy atom. The van der Waals surface area contributed by atoms with Gasteiger partial charge in [0.25, 0.3) is 0 Å². The Bertz CT molecular complexity index is 140. The molecule has 1 N–H and O–H groups in total. The van der Waals surface area contributed by atoms with Crippen LogP contribution in [0.1, 0.15) is 58.3 Å². The molecule has 1 saturated heterocycles. The first kappa shape index (κ1) is 14.0. The smallest absolute Gasteiger partial charge is 0.00183 e. The number of unbranched alkanes of at least 4 members (excludes halogenated alkanes) is 1. The van der Waals surface area contributed by atoms with Gasteiger partial charge in [-0.15, -0.1) is 0 Å². The van der Waals surface area contributed by atoms with Crippen LogP contribution in [0.4, 0.5) is 0 Å². The summed E-state index contributed by atoms with van der Waals surface area (Å²) in [6, 6.07) is 0. The Balaban J connectivity index is 1.93. The Morgan fingerprint density at radius 2 is 1.56 bits per heavy atom. The van der Waals surface area contributed by atoms with Crippen molar-refractivity contribution in [2.45, 2.75) is 58.3 Å². The van der Waals surface area contributed by atoms with Crippen molar-refractivity contribution in [1.29, 1.82) is 0 Å². The van der Waals surface area contributed by atoms with Crippen LogP contribution >= 0.6 is 0 Å². The second-order valence-corrected chi connectivity index (χ2v) is 5.07. The van der Waals surface area contributed by atoms with Crippen molar-refractivity contribution in [2.75, 3.05) is 32.7 Å². The zero-order valence-corrected chi connectivity index (χ0v) is 11.1. The lowest BCUT2D eigenvalue weighted by Crippen LogP contribution is -2.29. The summed E-state index contributed by atoms with van der Waals surface area (Å²) < 4.78 is 0. The van der Waals surface area contributed by atoms with Gasteiger partial charge in [-0.25, -0.2) is 0 Å². The highest BCUT2D eigenvalue weighted by Gasteiger charge is 2.06. The summed E-state index contributed by atoms with van der Waals surface area (Å²) >= 11 is 0. The van der Waals surface area contributed by atoms with Crippen molar-refractivity contribution in [3.8, 4) is 0 Å². The first-order valence-electron chi connectivity index (χ1n) is 7.36. The fraction of sp³-hybridized carbons (Fsp3) is 1.00. The van der Waals surface area contributed by atoms with E-state index in [2.05, 4.69) is 17.1 Å². The summed E-state index contributed by atoms with van der Waals surface area (Å²) in [7, 11) is 0. The Labute approximate surface area is 102 Å². The van der Waals surface area contributed by atoms with Gasteiger partial charge in [-0.3, -0.25) is 0 Å². The predicted molar refractivity (Wildman–Crippen MR) is 71.9 cm³/mol. The molecule has 0 unspecified atom stereocenters. The maximum atomic E-state index is 3.48. The predicted octanol–water partition coefficient (Wildman–Crippen LogP) is 3.03. The molecule has 0 bridgehead atoms. The standard InChI is InChI=1S/C14H30N2/c1-2-10-15-11-6-9-14-16-12-7-4-3-5-8-13-16/h15H,2-14H2,1H3. The first-order chi connectivity index (χ1) is 7.93. The van der Waals surface area contributed by atoms with E-state index in [0.29, 0.717) is 0 Å². The topological polar surface area (TPSA) is 15.3 Å². The molecule has 2 heteroatoms. The summed E-state index contributed by atoms with van der Waals surface area (Å²) in [5, 5.41) is 3.48. The maximum absolute atomic E-state index is 3.48. The van der Waals surface area contributed by atoms with Crippen LogP contribution in [-0.2, 0) is 0 Å². The van der Waals surface area contributed by atoms with Gasteiger partial charge in [0.2, 0.25) is 0 Å². The number of nitrogens with one attached hydrogen (secondary N) is 1. The molecule has 0 saturated carbocycles. The van der Waals surface area contributed by atoms with Gasteiger partial charge in [-0.05, 0) is 64.8 Å². The van der Waals surface area contributed by atoms with Crippen LogP contribution in [0.25, 0.3) is 0 Å². The molecule has 1 aliphatic rings. The lowest BCUT2D eigenvalue weighted by molar-refractivity contribution is 0.243. The normalized spacial score (nSPS) is 19.3. The minimum Gasteiger partial charge on any atom is -0.317 e. The zero-order valence-electron chi connectivity index (χ0n) is 11.1. The molecule has 1 rings (SSSR count). The van der Waals surface area contributed by atoms with Gasteiger partial charge < -0.3 is 10.2 Å². The van der Waals surface area contributed by atoms with E-state index in [1.165, 1.54) is 84.1 Å². The molecule has 0 aromatic rings. The monoisotopic (exact) mass is 226 g/mol. The molecular formula is C14H30N2. The molecule has 1 aliphatic heterocycles. The van der Waals surface area contributed by atoms with Gasteiger partial charge in [0.05, 0.1) is 0 Å². The van der Waals surface area contributed by atoms with Crippen molar-refractivity contribution >= 4 is 0 Å². The lowest BCUT2D eigenvalue weighted by atomic mass is 10.1. The van der Waals surface area contributed by atoms with E-state index >= 15 is 0 Å². The molecule has 0 radical (unpaired) electrons. The van der Waals surface area contributed by atoms with Crippen LogP contribution in [0.2, 0.25) is 0 Å². The summed E-state index contributed by atoms with van der Waals surface area (Å²) in [5.41, 5.74) is 0. The van der Waals surface area contributed by atoms with Crippen LogP contribution in [0.3, 0.4) is 0 Å². The highest BCUT2D eigenvalue weighted by Crippen LogP contribution is 2.10. The molecule has 2 nitrogen and oxygen atoms in total. The van der Waals surface area contributed by atoms with Gasteiger partial charge in [0, 0.05) is 0 Å². The molecule has 0 amide bonds. The van der Waals surface area contributed by atoms with Crippen molar-refractivity contribution in [1.82, 2.24) is 10.2 Å². The van der Waals surface area contributed by atoms with E-state index in [1.807, 2.05) is 0 Å². The molecule has 0 atom stereocenters. The van der Waals surface area contributed by atoms with E-state index in [9.17, 15) is 0 Å². The second kappa shape index (κ2) is 10.1. The fourth-order valence-electron chi connectivity index (χ4n) is 2.42. The maximum Gasteiger partial charge on any atom is -0.00183 e. The molecule has 0 aromatic carbocycles. The minimum absolute atomic E-state index is 1.18. The molecule has 16 heavy (non-hydrogen) atoms. The van der Waals surface area contributed by atoms with Gasteiger partial charge in [0.1, 0.15) is 0 Å². The Hall–Kier alpha value is -0.0800. The van der Waals surface area contributed by atoms with Gasteiger partial charge in [-0.1, -0.05) is 26.2 Å². The molecule has 96 valence electrons. The van der Waals surface area contributed by atoms with Crippen LogP contribution in [0.5, 0.6) is 0 Å². The van der Waals surface area contributed by atoms with Gasteiger partial charge >= 0.3 is 0 Å².